The van der Waals surface area contributed by atoms with Gasteiger partial charge in [-0.25, -0.2) is 4.89 Å². The standard InChI is InChI=1S/C30H52O6/c1-17(2)20(36-35)10-14-29(7,34)18-9-12-28(6)25(18)19(31)15-22-27(28,5)13-11-21-26(3,4)23(32)16-24(33)30(21,22)8/h18-25,31-35H,1,9-16H2,2-8H3/t18-,19-,20-,21+,22+,23-,24-,25-,27-,28-,29+,30+/m1/s1. The van der Waals surface area contributed by atoms with E-state index >= 15 is 0 Å². The third-order valence-corrected chi connectivity index (χ3v) is 12.9. The Morgan fingerprint density at radius 3 is 2.17 bits per heavy atom. The monoisotopic (exact) mass is 508 g/mol. The molecule has 0 aromatic heterocycles. The largest absolute Gasteiger partial charge is 0.393 e. The molecule has 208 valence electrons. The minimum Gasteiger partial charge on any atom is -0.393 e. The third-order valence-electron chi connectivity index (χ3n) is 12.9. The lowest BCUT2D eigenvalue weighted by Crippen LogP contribution is -2.69. The molecule has 0 saturated heterocycles. The quantitative estimate of drug-likeness (QED) is 0.197. The second kappa shape index (κ2) is 9.02. The molecule has 6 nitrogen and oxygen atoms in total. The lowest BCUT2D eigenvalue weighted by atomic mass is 9.34. The Balaban J connectivity index is 1.66. The van der Waals surface area contributed by atoms with Crippen molar-refractivity contribution in [2.75, 3.05) is 0 Å². The van der Waals surface area contributed by atoms with Crippen molar-refractivity contribution in [3.8, 4) is 0 Å². The van der Waals surface area contributed by atoms with E-state index < -0.39 is 30.0 Å². The fourth-order valence-electron chi connectivity index (χ4n) is 10.4. The van der Waals surface area contributed by atoms with E-state index in [1.165, 1.54) is 0 Å². The molecule has 4 fully saturated rings. The SMILES string of the molecule is C=C(C)[C@@H](CC[C@](C)(O)[C@@H]1CC[C@]2(C)[C@H]1[C@H](O)C[C@@H]1[C@@]3(C)[C@H](O)C[C@@H](O)C(C)(C)[C@@H]3CC[C@]12C)OO. The molecule has 0 bridgehead atoms. The van der Waals surface area contributed by atoms with Gasteiger partial charge < -0.3 is 20.4 Å². The molecule has 36 heavy (non-hydrogen) atoms. The zero-order valence-corrected chi connectivity index (χ0v) is 23.6. The van der Waals surface area contributed by atoms with E-state index in [1.54, 1.807) is 0 Å². The highest BCUT2D eigenvalue weighted by Crippen LogP contribution is 2.75. The zero-order chi connectivity index (χ0) is 27.1. The summed E-state index contributed by atoms with van der Waals surface area (Å²) >= 11 is 0. The molecule has 0 amide bonds. The van der Waals surface area contributed by atoms with E-state index in [2.05, 4.69) is 46.1 Å². The Labute approximate surface area is 218 Å². The van der Waals surface area contributed by atoms with E-state index in [4.69, 9.17) is 0 Å². The third kappa shape index (κ3) is 3.80. The van der Waals surface area contributed by atoms with E-state index in [-0.39, 0.29) is 45.3 Å². The molecule has 4 aliphatic carbocycles. The predicted molar refractivity (Wildman–Crippen MR) is 140 cm³/mol. The molecule has 0 unspecified atom stereocenters. The molecule has 4 rings (SSSR count). The van der Waals surface area contributed by atoms with E-state index in [0.29, 0.717) is 25.7 Å². The number of rotatable bonds is 6. The van der Waals surface area contributed by atoms with Gasteiger partial charge in [0.25, 0.3) is 0 Å². The fourth-order valence-corrected chi connectivity index (χ4v) is 10.4. The minimum atomic E-state index is -1.00. The Bertz CT molecular complexity index is 854. The van der Waals surface area contributed by atoms with Crippen molar-refractivity contribution in [3.05, 3.63) is 12.2 Å². The molecule has 5 N–H and O–H groups in total. The van der Waals surface area contributed by atoms with Crippen LogP contribution in [0.25, 0.3) is 0 Å². The molecular weight excluding hydrogens is 456 g/mol. The summed E-state index contributed by atoms with van der Waals surface area (Å²) in [5.41, 5.74) is -1.19. The second-order valence-electron chi connectivity index (χ2n) is 14.7. The van der Waals surface area contributed by atoms with E-state index in [1.807, 2.05) is 13.8 Å². The summed E-state index contributed by atoms with van der Waals surface area (Å²) in [6.45, 7) is 18.8. The van der Waals surface area contributed by atoms with E-state index in [0.717, 1.165) is 31.3 Å². The Kier molecular flexibility index (Phi) is 7.15. The summed E-state index contributed by atoms with van der Waals surface area (Å²) in [6.07, 6.45) is 3.49. The van der Waals surface area contributed by atoms with Crippen LogP contribution in [0, 0.1) is 45.3 Å². The number of aliphatic hydroxyl groups excluding tert-OH is 3. The van der Waals surface area contributed by atoms with Crippen LogP contribution in [0.1, 0.15) is 99.8 Å². The molecule has 4 aliphatic rings. The smallest absolute Gasteiger partial charge is 0.113 e. The van der Waals surface area contributed by atoms with Gasteiger partial charge >= 0.3 is 0 Å². The predicted octanol–water partition coefficient (Wildman–Crippen LogP) is 4.94. The highest BCUT2D eigenvalue weighted by Gasteiger charge is 2.72. The van der Waals surface area contributed by atoms with Crippen LogP contribution in [-0.2, 0) is 4.89 Å². The van der Waals surface area contributed by atoms with Crippen molar-refractivity contribution in [1.82, 2.24) is 0 Å². The Morgan fingerprint density at radius 1 is 0.972 bits per heavy atom. The number of hydrogen-bond acceptors (Lipinski definition) is 6. The van der Waals surface area contributed by atoms with E-state index in [9.17, 15) is 25.7 Å². The van der Waals surface area contributed by atoms with Crippen LogP contribution in [0.4, 0.5) is 0 Å². The molecule has 6 heteroatoms. The van der Waals surface area contributed by atoms with Crippen molar-refractivity contribution in [2.45, 2.75) is 130 Å². The van der Waals surface area contributed by atoms with Crippen LogP contribution in [0.15, 0.2) is 12.2 Å². The van der Waals surface area contributed by atoms with Gasteiger partial charge in [-0.2, -0.15) is 0 Å². The van der Waals surface area contributed by atoms with Crippen LogP contribution in [0.2, 0.25) is 0 Å². The first-order valence-electron chi connectivity index (χ1n) is 14.2. The second-order valence-corrected chi connectivity index (χ2v) is 14.7. The maximum Gasteiger partial charge on any atom is 0.113 e. The van der Waals surface area contributed by atoms with Gasteiger partial charge in [-0.3, -0.25) is 5.26 Å². The van der Waals surface area contributed by atoms with Gasteiger partial charge in [-0.15, -0.1) is 0 Å². The molecular formula is C30H52O6. The summed E-state index contributed by atoms with van der Waals surface area (Å²) in [5.74, 6) is 0.236. The fraction of sp³-hybridized carbons (Fsp3) is 0.933. The van der Waals surface area contributed by atoms with Crippen molar-refractivity contribution in [1.29, 1.82) is 0 Å². The summed E-state index contributed by atoms with van der Waals surface area (Å²) < 4.78 is 0. The lowest BCUT2D eigenvalue weighted by Gasteiger charge is -2.71. The molecule has 0 aromatic rings. The first kappa shape index (κ1) is 28.5. The van der Waals surface area contributed by atoms with Crippen LogP contribution in [0.5, 0.6) is 0 Å². The molecule has 4 saturated carbocycles. The van der Waals surface area contributed by atoms with Gasteiger partial charge in [0.05, 0.1) is 23.9 Å². The zero-order valence-electron chi connectivity index (χ0n) is 23.6. The summed E-state index contributed by atoms with van der Waals surface area (Å²) in [6, 6.07) is 0. The van der Waals surface area contributed by atoms with Crippen LogP contribution in [0.3, 0.4) is 0 Å². The highest BCUT2D eigenvalue weighted by molar-refractivity contribution is 5.21. The molecule has 0 heterocycles. The normalized spacial score (nSPS) is 50.4. The van der Waals surface area contributed by atoms with Gasteiger partial charge in [-0.05, 0) is 104 Å². The summed E-state index contributed by atoms with van der Waals surface area (Å²) in [4.78, 5) is 4.60. The van der Waals surface area contributed by atoms with Crippen LogP contribution >= 0.6 is 0 Å². The van der Waals surface area contributed by atoms with Gasteiger partial charge in [0, 0.05) is 11.8 Å². The molecule has 0 aromatic carbocycles. The maximum atomic E-state index is 11.8. The molecule has 12 atom stereocenters. The maximum absolute atomic E-state index is 11.8. The Hall–Kier alpha value is -0.500. The molecule has 0 aliphatic heterocycles. The summed E-state index contributed by atoms with van der Waals surface area (Å²) in [5, 5.41) is 55.1. The highest BCUT2D eigenvalue weighted by atomic mass is 17.1. The average molecular weight is 509 g/mol. The topological polar surface area (TPSA) is 110 Å². The van der Waals surface area contributed by atoms with Crippen molar-refractivity contribution in [2.24, 2.45) is 45.3 Å². The Morgan fingerprint density at radius 2 is 1.58 bits per heavy atom. The first-order chi connectivity index (χ1) is 16.5. The van der Waals surface area contributed by atoms with Crippen LogP contribution < -0.4 is 0 Å². The number of fused-ring (bicyclic) bond motifs is 5. The molecule has 0 radical (unpaired) electrons. The van der Waals surface area contributed by atoms with Gasteiger partial charge in [0.15, 0.2) is 0 Å². The van der Waals surface area contributed by atoms with Gasteiger partial charge in [0.1, 0.15) is 6.10 Å². The minimum absolute atomic E-state index is 0.0356. The van der Waals surface area contributed by atoms with Gasteiger partial charge in [0.2, 0.25) is 0 Å². The lowest BCUT2D eigenvalue weighted by molar-refractivity contribution is -0.276. The van der Waals surface area contributed by atoms with Crippen molar-refractivity contribution >= 4 is 0 Å². The van der Waals surface area contributed by atoms with Crippen LogP contribution in [-0.4, -0.2) is 55.7 Å². The number of hydrogen-bond donors (Lipinski definition) is 5. The first-order valence-corrected chi connectivity index (χ1v) is 14.2. The van der Waals surface area contributed by atoms with Crippen molar-refractivity contribution < 1.29 is 30.6 Å². The summed E-state index contributed by atoms with van der Waals surface area (Å²) in [7, 11) is 0. The number of aliphatic hydroxyl groups is 4. The average Bonchev–Trinajstić information content (AvgIpc) is 3.15. The molecule has 0 spiro atoms. The van der Waals surface area contributed by atoms with Crippen molar-refractivity contribution in [3.63, 3.8) is 0 Å². The van der Waals surface area contributed by atoms with Gasteiger partial charge in [-0.1, -0.05) is 41.2 Å².